The van der Waals surface area contributed by atoms with E-state index in [1.54, 1.807) is 13.3 Å². The van der Waals surface area contributed by atoms with Crippen molar-refractivity contribution in [2.75, 3.05) is 7.11 Å². The second-order valence-electron chi connectivity index (χ2n) is 8.36. The van der Waals surface area contributed by atoms with E-state index < -0.39 is 5.97 Å². The number of nitrogens with zero attached hydrogens (tertiary/aromatic N) is 3. The number of hydrogen-bond donors (Lipinski definition) is 1. The Balaban J connectivity index is 1.39. The van der Waals surface area contributed by atoms with Gasteiger partial charge in [0.2, 0.25) is 0 Å². The highest BCUT2D eigenvalue weighted by Gasteiger charge is 2.13. The van der Waals surface area contributed by atoms with Gasteiger partial charge in [0.15, 0.2) is 16.7 Å². The zero-order chi connectivity index (χ0) is 25.6. The van der Waals surface area contributed by atoms with Gasteiger partial charge in [0, 0.05) is 35.3 Å². The van der Waals surface area contributed by atoms with Gasteiger partial charge in [-0.1, -0.05) is 54.2 Å². The first-order chi connectivity index (χ1) is 18.1. The standard InChI is InChI=1S/C29H25N3O4S/c1-35-26-17-22(10-13-25(26)36-19-21-5-3-2-4-6-21)24-18-27-30-15-16-32(27)29(31-24)37-23-11-7-20(8-12-23)9-14-28(33)34/h2-8,10-13,15-18H,9,14,19H2,1H3,(H,33,34). The Kier molecular flexibility index (Phi) is 7.37. The molecule has 5 rings (SSSR count). The molecule has 7 nitrogen and oxygen atoms in total. The summed E-state index contributed by atoms with van der Waals surface area (Å²) >= 11 is 1.52. The average Bonchev–Trinajstić information content (AvgIpc) is 3.41. The summed E-state index contributed by atoms with van der Waals surface area (Å²) in [6.45, 7) is 0.449. The molecular formula is C29H25N3O4S. The summed E-state index contributed by atoms with van der Waals surface area (Å²) in [6.07, 6.45) is 4.26. The molecule has 3 aromatic carbocycles. The number of fused-ring (bicyclic) bond motifs is 1. The number of ether oxygens (including phenoxy) is 2. The second-order valence-corrected chi connectivity index (χ2v) is 9.40. The Labute approximate surface area is 218 Å². The largest absolute Gasteiger partial charge is 0.493 e. The van der Waals surface area contributed by atoms with Crippen LogP contribution in [0.1, 0.15) is 17.5 Å². The summed E-state index contributed by atoms with van der Waals surface area (Å²) in [4.78, 5) is 21.3. The van der Waals surface area contributed by atoms with Crippen LogP contribution in [0.5, 0.6) is 11.5 Å². The number of benzene rings is 3. The van der Waals surface area contributed by atoms with Gasteiger partial charge in [-0.2, -0.15) is 0 Å². The van der Waals surface area contributed by atoms with Gasteiger partial charge in [0.1, 0.15) is 12.3 Å². The predicted molar refractivity (Wildman–Crippen MR) is 142 cm³/mol. The molecule has 0 atom stereocenters. The smallest absolute Gasteiger partial charge is 0.303 e. The number of carboxylic acid groups (broad SMARTS) is 1. The highest BCUT2D eigenvalue weighted by atomic mass is 32.2. The topological polar surface area (TPSA) is 86.0 Å². The lowest BCUT2D eigenvalue weighted by Gasteiger charge is -2.13. The third kappa shape index (κ3) is 5.92. The lowest BCUT2D eigenvalue weighted by Crippen LogP contribution is -1.99. The second kappa shape index (κ2) is 11.2. The molecule has 0 fully saturated rings. The maximum Gasteiger partial charge on any atom is 0.303 e. The van der Waals surface area contributed by atoms with Gasteiger partial charge in [0.25, 0.3) is 0 Å². The van der Waals surface area contributed by atoms with E-state index in [-0.39, 0.29) is 6.42 Å². The number of methoxy groups -OCH3 is 1. The van der Waals surface area contributed by atoms with E-state index in [0.717, 1.165) is 38.1 Å². The Hall–Kier alpha value is -4.30. The molecule has 0 saturated heterocycles. The molecule has 2 heterocycles. The number of carboxylic acids is 1. The van der Waals surface area contributed by atoms with E-state index in [4.69, 9.17) is 19.6 Å². The highest BCUT2D eigenvalue weighted by Crippen LogP contribution is 2.35. The zero-order valence-electron chi connectivity index (χ0n) is 20.2. The van der Waals surface area contributed by atoms with Crippen LogP contribution in [-0.4, -0.2) is 32.6 Å². The summed E-state index contributed by atoms with van der Waals surface area (Å²) in [6, 6.07) is 25.6. The van der Waals surface area contributed by atoms with E-state index in [9.17, 15) is 4.79 Å². The molecule has 0 bridgehead atoms. The number of rotatable bonds is 10. The highest BCUT2D eigenvalue weighted by molar-refractivity contribution is 7.99. The first-order valence-electron chi connectivity index (χ1n) is 11.8. The van der Waals surface area contributed by atoms with Crippen molar-refractivity contribution in [2.45, 2.75) is 29.5 Å². The van der Waals surface area contributed by atoms with Gasteiger partial charge in [-0.15, -0.1) is 0 Å². The van der Waals surface area contributed by atoms with Crippen molar-refractivity contribution < 1.29 is 19.4 Å². The summed E-state index contributed by atoms with van der Waals surface area (Å²) in [5.41, 5.74) is 4.51. The SMILES string of the molecule is COc1cc(-c2cc3nccn3c(Sc3ccc(CCC(=O)O)cc3)n2)ccc1OCc1ccccc1. The maximum absolute atomic E-state index is 10.8. The van der Waals surface area contributed by atoms with Gasteiger partial charge < -0.3 is 14.6 Å². The Morgan fingerprint density at radius 1 is 0.973 bits per heavy atom. The van der Waals surface area contributed by atoms with Gasteiger partial charge in [-0.25, -0.2) is 9.97 Å². The molecule has 0 spiro atoms. The monoisotopic (exact) mass is 511 g/mol. The number of aliphatic carboxylic acids is 1. The number of imidazole rings is 1. The van der Waals surface area contributed by atoms with Crippen LogP contribution in [0, 0.1) is 0 Å². The van der Waals surface area contributed by atoms with Crippen molar-refractivity contribution in [3.8, 4) is 22.8 Å². The Morgan fingerprint density at radius 2 is 1.78 bits per heavy atom. The van der Waals surface area contributed by atoms with Crippen LogP contribution in [0.25, 0.3) is 16.9 Å². The fourth-order valence-corrected chi connectivity index (χ4v) is 4.76. The molecule has 0 aliphatic carbocycles. The van der Waals surface area contributed by atoms with Crippen LogP contribution in [0.4, 0.5) is 0 Å². The summed E-state index contributed by atoms with van der Waals surface area (Å²) in [5, 5.41) is 9.68. The molecule has 5 aromatic rings. The normalized spacial score (nSPS) is 10.9. The average molecular weight is 512 g/mol. The number of aryl methyl sites for hydroxylation is 1. The molecule has 8 heteroatoms. The molecule has 186 valence electrons. The van der Waals surface area contributed by atoms with Crippen molar-refractivity contribution in [3.05, 3.63) is 102 Å². The molecule has 0 aliphatic heterocycles. The van der Waals surface area contributed by atoms with E-state index in [2.05, 4.69) is 4.98 Å². The van der Waals surface area contributed by atoms with Crippen LogP contribution in [0.2, 0.25) is 0 Å². The van der Waals surface area contributed by atoms with Crippen molar-refractivity contribution in [2.24, 2.45) is 0 Å². The molecular weight excluding hydrogens is 486 g/mol. The van der Waals surface area contributed by atoms with Crippen LogP contribution in [0.15, 0.2) is 101 Å². The Bertz CT molecular complexity index is 1520. The summed E-state index contributed by atoms with van der Waals surface area (Å²) in [5.74, 6) is 0.494. The lowest BCUT2D eigenvalue weighted by molar-refractivity contribution is -0.136. The van der Waals surface area contributed by atoms with Gasteiger partial charge in [-0.3, -0.25) is 9.20 Å². The quantitative estimate of drug-likeness (QED) is 0.225. The van der Waals surface area contributed by atoms with Crippen LogP contribution in [-0.2, 0) is 17.8 Å². The molecule has 2 aromatic heterocycles. The van der Waals surface area contributed by atoms with Gasteiger partial charge in [0.05, 0.1) is 12.8 Å². The summed E-state index contributed by atoms with van der Waals surface area (Å²) in [7, 11) is 1.63. The fourth-order valence-electron chi connectivity index (χ4n) is 3.88. The molecule has 37 heavy (non-hydrogen) atoms. The molecule has 1 N–H and O–H groups in total. The molecule has 0 saturated carbocycles. The minimum Gasteiger partial charge on any atom is -0.493 e. The van der Waals surface area contributed by atoms with E-state index in [0.29, 0.717) is 24.5 Å². The maximum atomic E-state index is 10.8. The number of hydrogen-bond acceptors (Lipinski definition) is 6. The number of aromatic nitrogens is 3. The lowest BCUT2D eigenvalue weighted by atomic mass is 10.1. The third-order valence-corrected chi connectivity index (χ3v) is 6.79. The van der Waals surface area contributed by atoms with E-state index in [1.807, 2.05) is 89.5 Å². The fraction of sp³-hybridized carbons (Fsp3) is 0.138. The van der Waals surface area contributed by atoms with Crippen LogP contribution < -0.4 is 9.47 Å². The van der Waals surface area contributed by atoms with Crippen molar-refractivity contribution >= 4 is 23.4 Å². The minimum absolute atomic E-state index is 0.116. The summed E-state index contributed by atoms with van der Waals surface area (Å²) < 4.78 is 13.6. The third-order valence-electron chi connectivity index (χ3n) is 5.81. The van der Waals surface area contributed by atoms with Crippen LogP contribution >= 0.6 is 11.8 Å². The predicted octanol–water partition coefficient (Wildman–Crippen LogP) is 6.15. The van der Waals surface area contributed by atoms with Crippen molar-refractivity contribution in [1.82, 2.24) is 14.4 Å². The van der Waals surface area contributed by atoms with E-state index in [1.165, 1.54) is 11.8 Å². The molecule has 0 amide bonds. The Morgan fingerprint density at radius 3 is 2.54 bits per heavy atom. The van der Waals surface area contributed by atoms with Crippen LogP contribution in [0.3, 0.4) is 0 Å². The molecule has 0 unspecified atom stereocenters. The zero-order valence-corrected chi connectivity index (χ0v) is 21.0. The minimum atomic E-state index is -0.797. The molecule has 0 radical (unpaired) electrons. The van der Waals surface area contributed by atoms with Gasteiger partial charge in [-0.05, 0) is 47.9 Å². The van der Waals surface area contributed by atoms with Gasteiger partial charge >= 0.3 is 5.97 Å². The first kappa shape index (κ1) is 24.4. The van der Waals surface area contributed by atoms with E-state index >= 15 is 0 Å². The van der Waals surface area contributed by atoms with Crippen molar-refractivity contribution in [1.29, 1.82) is 0 Å². The molecule has 0 aliphatic rings. The number of carbonyl (C=O) groups is 1. The van der Waals surface area contributed by atoms with Crippen molar-refractivity contribution in [3.63, 3.8) is 0 Å². The first-order valence-corrected chi connectivity index (χ1v) is 12.6.